The molecule has 0 saturated carbocycles. The van der Waals surface area contributed by atoms with Crippen LogP contribution < -0.4 is 4.74 Å². The van der Waals surface area contributed by atoms with Crippen LogP contribution in [0.2, 0.25) is 5.02 Å². The lowest BCUT2D eigenvalue weighted by Crippen LogP contribution is -2.13. The fourth-order valence-electron chi connectivity index (χ4n) is 2.07. The molecule has 0 aliphatic heterocycles. The first-order chi connectivity index (χ1) is 12.5. The molecule has 3 rings (SSSR count). The monoisotopic (exact) mass is 392 g/mol. The second-order valence-corrected chi connectivity index (χ2v) is 7.06. The number of hydrogen-bond acceptors (Lipinski definition) is 6. The van der Waals surface area contributed by atoms with Crippen LogP contribution in [0.1, 0.15) is 23.2 Å². The van der Waals surface area contributed by atoms with Gasteiger partial charge in [0.25, 0.3) is 11.1 Å². The third-order valence-electron chi connectivity index (χ3n) is 3.40. The molecule has 26 heavy (non-hydrogen) atoms. The summed E-state index contributed by atoms with van der Waals surface area (Å²) in [5, 5.41) is 8.23. The van der Waals surface area contributed by atoms with Crippen LogP contribution in [-0.2, 0) is 6.61 Å². The zero-order valence-corrected chi connectivity index (χ0v) is 15.3. The molecule has 1 unspecified atom stereocenters. The number of ketones is 1. The van der Waals surface area contributed by atoms with Crippen LogP contribution in [0.4, 0.5) is 4.39 Å². The van der Waals surface area contributed by atoms with E-state index < -0.39 is 5.25 Å². The highest BCUT2D eigenvalue weighted by molar-refractivity contribution is 8.00. The Kier molecular flexibility index (Phi) is 5.90. The SMILES string of the molecule is CC(Sc1nnc(COc2ccc(F)cc2)o1)C(=O)c1ccc(Cl)cc1. The summed E-state index contributed by atoms with van der Waals surface area (Å²) in [5.41, 5.74) is 0.564. The normalized spacial score (nSPS) is 12.0. The Morgan fingerprint density at radius 2 is 1.88 bits per heavy atom. The Balaban J connectivity index is 1.56. The van der Waals surface area contributed by atoms with Crippen molar-refractivity contribution < 1.29 is 18.3 Å². The Morgan fingerprint density at radius 3 is 2.58 bits per heavy atom. The van der Waals surface area contributed by atoms with E-state index in [1.54, 1.807) is 31.2 Å². The molecule has 0 saturated heterocycles. The number of ether oxygens (including phenoxy) is 1. The van der Waals surface area contributed by atoms with Gasteiger partial charge in [-0.25, -0.2) is 4.39 Å². The molecule has 1 aromatic heterocycles. The highest BCUT2D eigenvalue weighted by Gasteiger charge is 2.20. The minimum absolute atomic E-state index is 0.0543. The van der Waals surface area contributed by atoms with Gasteiger partial charge in [-0.1, -0.05) is 23.4 Å². The Labute approximate surface area is 158 Å². The average molecular weight is 393 g/mol. The van der Waals surface area contributed by atoms with Gasteiger partial charge in [-0.3, -0.25) is 4.79 Å². The zero-order chi connectivity index (χ0) is 18.5. The van der Waals surface area contributed by atoms with Crippen LogP contribution in [0.5, 0.6) is 5.75 Å². The maximum Gasteiger partial charge on any atom is 0.277 e. The molecule has 0 radical (unpaired) electrons. The van der Waals surface area contributed by atoms with E-state index in [1.807, 2.05) is 0 Å². The van der Waals surface area contributed by atoms with Gasteiger partial charge in [0.05, 0.1) is 5.25 Å². The summed E-state index contributed by atoms with van der Waals surface area (Å²) in [7, 11) is 0. The van der Waals surface area contributed by atoms with Gasteiger partial charge in [0.15, 0.2) is 12.4 Å². The van der Waals surface area contributed by atoms with Crippen molar-refractivity contribution in [3.63, 3.8) is 0 Å². The summed E-state index contributed by atoms with van der Waals surface area (Å²) in [5.74, 6) is 0.357. The molecular formula is C18H14ClFN2O3S. The van der Waals surface area contributed by atoms with E-state index in [0.717, 1.165) is 0 Å². The van der Waals surface area contributed by atoms with Crippen LogP contribution in [0.25, 0.3) is 0 Å². The molecule has 0 amide bonds. The number of carbonyl (C=O) groups is 1. The van der Waals surface area contributed by atoms with Crippen molar-refractivity contribution in [1.29, 1.82) is 0 Å². The van der Waals surface area contributed by atoms with Gasteiger partial charge in [-0.15, -0.1) is 10.2 Å². The smallest absolute Gasteiger partial charge is 0.277 e. The Hall–Kier alpha value is -2.38. The van der Waals surface area contributed by atoms with E-state index in [0.29, 0.717) is 16.3 Å². The predicted molar refractivity (Wildman–Crippen MR) is 96.1 cm³/mol. The molecule has 0 aliphatic rings. The molecule has 1 atom stereocenters. The molecular weight excluding hydrogens is 379 g/mol. The van der Waals surface area contributed by atoms with Crippen molar-refractivity contribution >= 4 is 29.1 Å². The molecule has 0 spiro atoms. The summed E-state index contributed by atoms with van der Waals surface area (Å²) in [4.78, 5) is 12.4. The van der Waals surface area contributed by atoms with Gasteiger partial charge in [0, 0.05) is 10.6 Å². The maximum atomic E-state index is 12.8. The molecule has 3 aromatic rings. The molecule has 8 heteroatoms. The summed E-state index contributed by atoms with van der Waals surface area (Å²) in [6.45, 7) is 1.82. The average Bonchev–Trinajstić information content (AvgIpc) is 3.08. The minimum atomic E-state index is -0.400. The van der Waals surface area contributed by atoms with Crippen LogP contribution >= 0.6 is 23.4 Å². The summed E-state index contributed by atoms with van der Waals surface area (Å²) < 4.78 is 23.8. The highest BCUT2D eigenvalue weighted by atomic mass is 35.5. The van der Waals surface area contributed by atoms with Gasteiger partial charge in [0.2, 0.25) is 0 Å². The molecule has 0 aliphatic carbocycles. The topological polar surface area (TPSA) is 65.2 Å². The third-order valence-corrected chi connectivity index (χ3v) is 4.59. The lowest BCUT2D eigenvalue weighted by atomic mass is 10.1. The lowest BCUT2D eigenvalue weighted by Gasteiger charge is -2.07. The van der Waals surface area contributed by atoms with Crippen molar-refractivity contribution in [2.24, 2.45) is 0 Å². The fraction of sp³-hybridized carbons (Fsp3) is 0.167. The number of carbonyl (C=O) groups excluding carboxylic acids is 1. The quantitative estimate of drug-likeness (QED) is 0.425. The van der Waals surface area contributed by atoms with Gasteiger partial charge < -0.3 is 9.15 Å². The van der Waals surface area contributed by atoms with E-state index in [4.69, 9.17) is 20.8 Å². The Bertz CT molecular complexity index is 884. The molecule has 134 valence electrons. The number of Topliss-reactive ketones (excluding diaryl/α,β-unsaturated/α-hetero) is 1. The van der Waals surface area contributed by atoms with E-state index in [9.17, 15) is 9.18 Å². The second kappa shape index (κ2) is 8.33. The Morgan fingerprint density at radius 1 is 1.19 bits per heavy atom. The first kappa shape index (κ1) is 18.4. The lowest BCUT2D eigenvalue weighted by molar-refractivity contribution is 0.0993. The largest absolute Gasteiger partial charge is 0.484 e. The summed E-state index contributed by atoms with van der Waals surface area (Å²) in [6, 6.07) is 12.3. The number of benzene rings is 2. The number of nitrogens with zero attached hydrogens (tertiary/aromatic N) is 2. The van der Waals surface area contributed by atoms with Gasteiger partial charge in [-0.05, 0) is 55.5 Å². The van der Waals surface area contributed by atoms with Crippen LogP contribution in [-0.4, -0.2) is 21.2 Å². The van der Waals surface area contributed by atoms with E-state index in [2.05, 4.69) is 10.2 Å². The fourth-order valence-corrected chi connectivity index (χ4v) is 2.98. The van der Waals surface area contributed by atoms with E-state index >= 15 is 0 Å². The van der Waals surface area contributed by atoms with Gasteiger partial charge >= 0.3 is 0 Å². The number of halogens is 2. The van der Waals surface area contributed by atoms with Crippen molar-refractivity contribution in [3.05, 3.63) is 70.8 Å². The van der Waals surface area contributed by atoms with Crippen molar-refractivity contribution in [2.45, 2.75) is 24.0 Å². The number of hydrogen-bond donors (Lipinski definition) is 0. The molecule has 1 heterocycles. The molecule has 0 fully saturated rings. The van der Waals surface area contributed by atoms with E-state index in [1.165, 1.54) is 36.0 Å². The van der Waals surface area contributed by atoms with Crippen molar-refractivity contribution in [3.8, 4) is 5.75 Å². The molecule has 0 N–H and O–H groups in total. The van der Waals surface area contributed by atoms with Gasteiger partial charge in [-0.2, -0.15) is 0 Å². The first-order valence-corrected chi connectivity index (χ1v) is 8.94. The second-order valence-electron chi connectivity index (χ2n) is 5.34. The predicted octanol–water partition coefficient (Wildman–Crippen LogP) is 4.80. The number of aromatic nitrogens is 2. The molecule has 0 bridgehead atoms. The molecule has 5 nitrogen and oxygen atoms in total. The zero-order valence-electron chi connectivity index (χ0n) is 13.7. The number of thioether (sulfide) groups is 1. The summed E-state index contributed by atoms with van der Waals surface area (Å²) in [6.07, 6.45) is 0. The van der Waals surface area contributed by atoms with Crippen LogP contribution in [0.3, 0.4) is 0 Å². The maximum absolute atomic E-state index is 12.8. The highest BCUT2D eigenvalue weighted by Crippen LogP contribution is 2.25. The van der Waals surface area contributed by atoms with Crippen molar-refractivity contribution in [1.82, 2.24) is 10.2 Å². The number of rotatable bonds is 7. The van der Waals surface area contributed by atoms with Gasteiger partial charge in [0.1, 0.15) is 11.6 Å². The minimum Gasteiger partial charge on any atom is -0.484 e. The molecule has 2 aromatic carbocycles. The summed E-state index contributed by atoms with van der Waals surface area (Å²) >= 11 is 7.00. The van der Waals surface area contributed by atoms with Crippen LogP contribution in [0.15, 0.2) is 58.2 Å². The standard InChI is InChI=1S/C18H14ClFN2O3S/c1-11(17(23)12-2-4-13(19)5-3-12)26-18-22-21-16(25-18)10-24-15-8-6-14(20)7-9-15/h2-9,11H,10H2,1H3. The van der Waals surface area contributed by atoms with E-state index in [-0.39, 0.29) is 29.3 Å². The third kappa shape index (κ3) is 4.83. The van der Waals surface area contributed by atoms with Crippen molar-refractivity contribution in [2.75, 3.05) is 0 Å². The first-order valence-electron chi connectivity index (χ1n) is 7.68. The van der Waals surface area contributed by atoms with Crippen LogP contribution in [0, 0.1) is 5.82 Å².